The second kappa shape index (κ2) is 4.74. The van der Waals surface area contributed by atoms with Gasteiger partial charge in [0.2, 0.25) is 5.95 Å². The molecule has 2 heterocycles. The molecule has 0 saturated carbocycles. The molecule has 5 nitrogen and oxygen atoms in total. The molecule has 0 spiro atoms. The van der Waals surface area contributed by atoms with E-state index >= 15 is 0 Å². The Bertz CT molecular complexity index is 365. The van der Waals surface area contributed by atoms with Crippen molar-refractivity contribution in [1.29, 1.82) is 0 Å². The molecule has 2 rings (SSSR count). The van der Waals surface area contributed by atoms with E-state index in [9.17, 15) is 0 Å². The minimum absolute atomic E-state index is 0.690. The Balaban J connectivity index is 2.05. The lowest BCUT2D eigenvalue weighted by Crippen LogP contribution is -2.23. The summed E-state index contributed by atoms with van der Waals surface area (Å²) in [5, 5.41) is 8.26. The summed E-state index contributed by atoms with van der Waals surface area (Å²) in [4.78, 5) is 6.68. The van der Waals surface area contributed by atoms with Crippen molar-refractivity contribution < 1.29 is 0 Å². The van der Waals surface area contributed by atoms with Gasteiger partial charge in [-0.05, 0) is 39.2 Å². The summed E-state index contributed by atoms with van der Waals surface area (Å²) in [6.45, 7) is 6.71. The molecule has 1 unspecified atom stereocenters. The first-order chi connectivity index (χ1) is 7.70. The summed E-state index contributed by atoms with van der Waals surface area (Å²) in [6.07, 6.45) is 2.28. The molecule has 2 N–H and O–H groups in total. The standard InChI is InChI=1S/C11H19N5/c1-8-9(2)14-15-11(13-8)16-6-4-10(7-16)3-5-12/h10H,3-7,12H2,1-2H3. The quantitative estimate of drug-likeness (QED) is 0.812. The van der Waals surface area contributed by atoms with Gasteiger partial charge in [0.05, 0.1) is 11.4 Å². The Morgan fingerprint density at radius 3 is 2.81 bits per heavy atom. The summed E-state index contributed by atoms with van der Waals surface area (Å²) < 4.78 is 0. The SMILES string of the molecule is Cc1nnc(N2CCC(CCN)C2)nc1C. The molecular formula is C11H19N5. The molecular weight excluding hydrogens is 202 g/mol. The van der Waals surface area contributed by atoms with Crippen LogP contribution < -0.4 is 10.6 Å². The molecule has 1 aliphatic rings. The average Bonchev–Trinajstić information content (AvgIpc) is 2.71. The van der Waals surface area contributed by atoms with Crippen LogP contribution in [0.25, 0.3) is 0 Å². The highest BCUT2D eigenvalue weighted by Gasteiger charge is 2.24. The molecule has 0 bridgehead atoms. The van der Waals surface area contributed by atoms with Crippen molar-refractivity contribution in [3.63, 3.8) is 0 Å². The Labute approximate surface area is 96.1 Å². The number of rotatable bonds is 3. The van der Waals surface area contributed by atoms with Crippen LogP contribution in [0.4, 0.5) is 5.95 Å². The van der Waals surface area contributed by atoms with Gasteiger partial charge >= 0.3 is 0 Å². The lowest BCUT2D eigenvalue weighted by Gasteiger charge is -2.16. The monoisotopic (exact) mass is 221 g/mol. The predicted molar refractivity (Wildman–Crippen MR) is 63.3 cm³/mol. The molecule has 16 heavy (non-hydrogen) atoms. The van der Waals surface area contributed by atoms with E-state index in [1.807, 2.05) is 13.8 Å². The van der Waals surface area contributed by atoms with Gasteiger partial charge in [0.1, 0.15) is 0 Å². The van der Waals surface area contributed by atoms with Crippen LogP contribution in [0.1, 0.15) is 24.2 Å². The Kier molecular flexibility index (Phi) is 3.33. The summed E-state index contributed by atoms with van der Waals surface area (Å²) in [5.41, 5.74) is 7.44. The van der Waals surface area contributed by atoms with Crippen molar-refractivity contribution in [3.05, 3.63) is 11.4 Å². The second-order valence-electron chi connectivity index (χ2n) is 4.46. The van der Waals surface area contributed by atoms with Gasteiger partial charge < -0.3 is 10.6 Å². The van der Waals surface area contributed by atoms with E-state index in [0.29, 0.717) is 5.92 Å². The highest BCUT2D eigenvalue weighted by Crippen LogP contribution is 2.22. The van der Waals surface area contributed by atoms with Crippen LogP contribution in [0.2, 0.25) is 0 Å². The fraction of sp³-hybridized carbons (Fsp3) is 0.727. The first-order valence-electron chi connectivity index (χ1n) is 5.83. The minimum atomic E-state index is 0.690. The van der Waals surface area contributed by atoms with Gasteiger partial charge in [-0.1, -0.05) is 0 Å². The van der Waals surface area contributed by atoms with Crippen molar-refractivity contribution in [2.75, 3.05) is 24.5 Å². The molecule has 1 atom stereocenters. The molecule has 0 amide bonds. The van der Waals surface area contributed by atoms with E-state index < -0.39 is 0 Å². The normalized spacial score (nSPS) is 20.4. The first kappa shape index (κ1) is 11.3. The van der Waals surface area contributed by atoms with Crippen molar-refractivity contribution >= 4 is 5.95 Å². The lowest BCUT2D eigenvalue weighted by atomic mass is 10.1. The van der Waals surface area contributed by atoms with Gasteiger partial charge in [-0.3, -0.25) is 0 Å². The van der Waals surface area contributed by atoms with E-state index in [2.05, 4.69) is 20.1 Å². The van der Waals surface area contributed by atoms with Crippen LogP contribution >= 0.6 is 0 Å². The maximum absolute atomic E-state index is 5.57. The van der Waals surface area contributed by atoms with Crippen LogP contribution in [0.15, 0.2) is 0 Å². The smallest absolute Gasteiger partial charge is 0.245 e. The third-order valence-electron chi connectivity index (χ3n) is 3.22. The Morgan fingerprint density at radius 2 is 2.12 bits per heavy atom. The zero-order chi connectivity index (χ0) is 11.5. The highest BCUT2D eigenvalue weighted by molar-refractivity contribution is 5.31. The zero-order valence-electron chi connectivity index (χ0n) is 9.98. The first-order valence-corrected chi connectivity index (χ1v) is 5.83. The van der Waals surface area contributed by atoms with Crippen LogP contribution in [0, 0.1) is 19.8 Å². The number of aromatic nitrogens is 3. The van der Waals surface area contributed by atoms with Gasteiger partial charge in [-0.2, -0.15) is 5.10 Å². The zero-order valence-corrected chi connectivity index (χ0v) is 9.98. The second-order valence-corrected chi connectivity index (χ2v) is 4.46. The summed E-state index contributed by atoms with van der Waals surface area (Å²) in [5.74, 6) is 1.46. The van der Waals surface area contributed by atoms with Gasteiger partial charge in [0.15, 0.2) is 0 Å². The molecule has 0 aliphatic carbocycles. The largest absolute Gasteiger partial charge is 0.339 e. The van der Waals surface area contributed by atoms with E-state index in [0.717, 1.165) is 43.4 Å². The lowest BCUT2D eigenvalue weighted by molar-refractivity contribution is 0.545. The van der Waals surface area contributed by atoms with Crippen LogP contribution in [0.3, 0.4) is 0 Å². The van der Waals surface area contributed by atoms with Gasteiger partial charge in [0, 0.05) is 13.1 Å². The number of nitrogens with zero attached hydrogens (tertiary/aromatic N) is 4. The third kappa shape index (κ3) is 2.29. The maximum atomic E-state index is 5.57. The number of hydrogen-bond donors (Lipinski definition) is 1. The molecule has 88 valence electrons. The van der Waals surface area contributed by atoms with Gasteiger partial charge in [0.25, 0.3) is 0 Å². The molecule has 1 aromatic rings. The molecule has 1 fully saturated rings. The number of aryl methyl sites for hydroxylation is 2. The Morgan fingerprint density at radius 1 is 1.31 bits per heavy atom. The summed E-state index contributed by atoms with van der Waals surface area (Å²) in [7, 11) is 0. The highest BCUT2D eigenvalue weighted by atomic mass is 15.3. The maximum Gasteiger partial charge on any atom is 0.245 e. The Hall–Kier alpha value is -1.23. The summed E-state index contributed by atoms with van der Waals surface area (Å²) in [6, 6.07) is 0. The van der Waals surface area contributed by atoms with Crippen molar-refractivity contribution in [2.24, 2.45) is 11.7 Å². The molecule has 1 saturated heterocycles. The van der Waals surface area contributed by atoms with Crippen LogP contribution in [-0.2, 0) is 0 Å². The van der Waals surface area contributed by atoms with Crippen molar-refractivity contribution in [2.45, 2.75) is 26.7 Å². The van der Waals surface area contributed by atoms with E-state index in [1.165, 1.54) is 6.42 Å². The third-order valence-corrected chi connectivity index (χ3v) is 3.22. The molecule has 0 radical (unpaired) electrons. The average molecular weight is 221 g/mol. The number of nitrogens with two attached hydrogens (primary N) is 1. The molecule has 1 aromatic heterocycles. The summed E-state index contributed by atoms with van der Waals surface area (Å²) >= 11 is 0. The number of hydrogen-bond acceptors (Lipinski definition) is 5. The van der Waals surface area contributed by atoms with Gasteiger partial charge in [-0.15, -0.1) is 5.10 Å². The minimum Gasteiger partial charge on any atom is -0.339 e. The predicted octanol–water partition coefficient (Wildman–Crippen LogP) is 0.664. The van der Waals surface area contributed by atoms with E-state index in [-0.39, 0.29) is 0 Å². The van der Waals surface area contributed by atoms with Crippen molar-refractivity contribution in [1.82, 2.24) is 15.2 Å². The topological polar surface area (TPSA) is 67.9 Å². The fourth-order valence-electron chi connectivity index (χ4n) is 2.06. The van der Waals surface area contributed by atoms with Crippen LogP contribution in [0.5, 0.6) is 0 Å². The number of anilines is 1. The van der Waals surface area contributed by atoms with Gasteiger partial charge in [-0.25, -0.2) is 4.98 Å². The molecule has 0 aromatic carbocycles. The molecule has 1 aliphatic heterocycles. The van der Waals surface area contributed by atoms with E-state index in [4.69, 9.17) is 5.73 Å². The van der Waals surface area contributed by atoms with Crippen LogP contribution in [-0.4, -0.2) is 34.8 Å². The van der Waals surface area contributed by atoms with E-state index in [1.54, 1.807) is 0 Å². The fourth-order valence-corrected chi connectivity index (χ4v) is 2.06. The molecule has 5 heteroatoms. The van der Waals surface area contributed by atoms with Crippen molar-refractivity contribution in [3.8, 4) is 0 Å².